The minimum atomic E-state index is -0.955. The zero-order valence-electron chi connectivity index (χ0n) is 14.4. The van der Waals surface area contributed by atoms with E-state index in [1.54, 1.807) is 55.8 Å². The molecule has 0 fully saturated rings. The molecule has 0 saturated heterocycles. The van der Waals surface area contributed by atoms with E-state index in [0.29, 0.717) is 22.5 Å². The Kier molecular flexibility index (Phi) is 5.12. The van der Waals surface area contributed by atoms with Crippen LogP contribution in [0.5, 0.6) is 5.75 Å². The van der Waals surface area contributed by atoms with Crippen LogP contribution in [-0.2, 0) is 9.53 Å². The number of carbonyl (C=O) groups is 2. The monoisotopic (exact) mass is 350 g/mol. The number of pyridine rings is 1. The quantitative estimate of drug-likeness (QED) is 0.713. The van der Waals surface area contributed by atoms with Crippen LogP contribution in [0.3, 0.4) is 0 Å². The number of benzene rings is 2. The molecule has 1 N–H and O–H groups in total. The highest BCUT2D eigenvalue weighted by Crippen LogP contribution is 2.18. The predicted octanol–water partition coefficient (Wildman–Crippen LogP) is 3.43. The van der Waals surface area contributed by atoms with Crippen molar-refractivity contribution in [3.63, 3.8) is 0 Å². The number of ether oxygens (including phenoxy) is 2. The summed E-state index contributed by atoms with van der Waals surface area (Å²) in [5.41, 5.74) is 1.46. The first kappa shape index (κ1) is 17.4. The molecule has 26 heavy (non-hydrogen) atoms. The summed E-state index contributed by atoms with van der Waals surface area (Å²) >= 11 is 0. The van der Waals surface area contributed by atoms with Gasteiger partial charge < -0.3 is 14.8 Å². The molecule has 0 aliphatic rings. The standard InChI is InChI=1S/C20H18N2O4/c1-13(19(23)22-15-8-10-16(25-2)11-9-15)26-20(24)17-7-3-5-14-6-4-12-21-18(14)17/h3-13H,1-2H3,(H,22,23)/t13-/m0/s1. The normalized spacial score (nSPS) is 11.6. The fraction of sp³-hybridized carbons (Fsp3) is 0.150. The van der Waals surface area contributed by atoms with Crippen LogP contribution in [0, 0.1) is 0 Å². The third-order valence-corrected chi connectivity index (χ3v) is 3.86. The lowest BCUT2D eigenvalue weighted by Crippen LogP contribution is -2.30. The highest BCUT2D eigenvalue weighted by molar-refractivity contribution is 6.04. The van der Waals surface area contributed by atoms with Gasteiger partial charge in [0.25, 0.3) is 5.91 Å². The predicted molar refractivity (Wildman–Crippen MR) is 98.2 cm³/mol. The van der Waals surface area contributed by atoms with Crippen LogP contribution in [0.4, 0.5) is 5.69 Å². The molecule has 0 unspecified atom stereocenters. The van der Waals surface area contributed by atoms with Gasteiger partial charge in [0.2, 0.25) is 0 Å². The second-order valence-electron chi connectivity index (χ2n) is 5.65. The van der Waals surface area contributed by atoms with Crippen molar-refractivity contribution in [2.45, 2.75) is 13.0 Å². The summed E-state index contributed by atoms with van der Waals surface area (Å²) in [5.74, 6) is -0.325. The highest BCUT2D eigenvalue weighted by Gasteiger charge is 2.20. The molecule has 0 aliphatic heterocycles. The van der Waals surface area contributed by atoms with Gasteiger partial charge in [-0.2, -0.15) is 0 Å². The molecule has 3 rings (SSSR count). The molecular formula is C20H18N2O4. The summed E-state index contributed by atoms with van der Waals surface area (Å²) in [6.45, 7) is 1.52. The van der Waals surface area contributed by atoms with Gasteiger partial charge in [-0.25, -0.2) is 4.79 Å². The lowest BCUT2D eigenvalue weighted by atomic mass is 10.1. The number of amides is 1. The van der Waals surface area contributed by atoms with E-state index in [-0.39, 0.29) is 0 Å². The minimum absolute atomic E-state index is 0.326. The van der Waals surface area contributed by atoms with E-state index in [0.717, 1.165) is 5.39 Å². The number of rotatable bonds is 5. The smallest absolute Gasteiger partial charge is 0.341 e. The Labute approximate surface area is 150 Å². The van der Waals surface area contributed by atoms with E-state index in [1.165, 1.54) is 6.92 Å². The van der Waals surface area contributed by atoms with Crippen LogP contribution < -0.4 is 10.1 Å². The fourth-order valence-electron chi connectivity index (χ4n) is 2.46. The molecule has 132 valence electrons. The van der Waals surface area contributed by atoms with Crippen molar-refractivity contribution in [1.29, 1.82) is 0 Å². The number of carbonyl (C=O) groups excluding carboxylic acids is 2. The molecular weight excluding hydrogens is 332 g/mol. The Balaban J connectivity index is 1.68. The average molecular weight is 350 g/mol. The summed E-state index contributed by atoms with van der Waals surface area (Å²) in [6.07, 6.45) is 0.655. The van der Waals surface area contributed by atoms with Crippen molar-refractivity contribution in [3.8, 4) is 5.75 Å². The molecule has 0 bridgehead atoms. The van der Waals surface area contributed by atoms with Crippen LogP contribution in [0.15, 0.2) is 60.8 Å². The van der Waals surface area contributed by atoms with Gasteiger partial charge >= 0.3 is 5.97 Å². The number of hydrogen-bond acceptors (Lipinski definition) is 5. The van der Waals surface area contributed by atoms with Crippen LogP contribution in [0.25, 0.3) is 10.9 Å². The molecule has 0 radical (unpaired) electrons. The van der Waals surface area contributed by atoms with E-state index in [4.69, 9.17) is 9.47 Å². The number of nitrogens with zero attached hydrogens (tertiary/aromatic N) is 1. The van der Waals surface area contributed by atoms with Crippen molar-refractivity contribution in [2.75, 3.05) is 12.4 Å². The Morgan fingerprint density at radius 1 is 1.04 bits per heavy atom. The molecule has 0 aliphatic carbocycles. The molecule has 1 heterocycles. The number of esters is 1. The lowest BCUT2D eigenvalue weighted by molar-refractivity contribution is -0.123. The van der Waals surface area contributed by atoms with E-state index in [2.05, 4.69) is 10.3 Å². The van der Waals surface area contributed by atoms with Gasteiger partial charge in [-0.15, -0.1) is 0 Å². The topological polar surface area (TPSA) is 77.5 Å². The van der Waals surface area contributed by atoms with Crippen molar-refractivity contribution >= 4 is 28.5 Å². The van der Waals surface area contributed by atoms with Crippen molar-refractivity contribution < 1.29 is 19.1 Å². The molecule has 1 aromatic heterocycles. The Morgan fingerprint density at radius 2 is 1.77 bits per heavy atom. The third-order valence-electron chi connectivity index (χ3n) is 3.86. The maximum atomic E-state index is 12.5. The summed E-state index contributed by atoms with van der Waals surface area (Å²) in [7, 11) is 1.57. The number of aromatic nitrogens is 1. The minimum Gasteiger partial charge on any atom is -0.497 e. The van der Waals surface area contributed by atoms with Gasteiger partial charge in [0.15, 0.2) is 6.10 Å². The number of anilines is 1. The van der Waals surface area contributed by atoms with Gasteiger partial charge in [-0.3, -0.25) is 9.78 Å². The van der Waals surface area contributed by atoms with Crippen LogP contribution in [0.2, 0.25) is 0 Å². The van der Waals surface area contributed by atoms with E-state index in [1.807, 2.05) is 12.1 Å². The molecule has 3 aromatic rings. The first-order valence-corrected chi connectivity index (χ1v) is 8.08. The summed E-state index contributed by atoms with van der Waals surface area (Å²) in [4.78, 5) is 28.9. The Bertz CT molecular complexity index is 933. The number of nitrogens with one attached hydrogen (secondary N) is 1. The molecule has 6 nitrogen and oxygen atoms in total. The lowest BCUT2D eigenvalue weighted by Gasteiger charge is -2.14. The highest BCUT2D eigenvalue weighted by atomic mass is 16.5. The van der Waals surface area contributed by atoms with E-state index in [9.17, 15) is 9.59 Å². The molecule has 1 amide bonds. The van der Waals surface area contributed by atoms with Crippen molar-refractivity contribution in [2.24, 2.45) is 0 Å². The molecule has 6 heteroatoms. The third kappa shape index (κ3) is 3.80. The maximum Gasteiger partial charge on any atom is 0.341 e. The first-order valence-electron chi connectivity index (χ1n) is 8.08. The van der Waals surface area contributed by atoms with E-state index >= 15 is 0 Å². The number of para-hydroxylation sites is 1. The van der Waals surface area contributed by atoms with Gasteiger partial charge in [-0.1, -0.05) is 18.2 Å². The Morgan fingerprint density at radius 3 is 2.50 bits per heavy atom. The first-order chi connectivity index (χ1) is 12.6. The van der Waals surface area contributed by atoms with Gasteiger partial charge in [0.1, 0.15) is 5.75 Å². The maximum absolute atomic E-state index is 12.5. The second kappa shape index (κ2) is 7.65. The number of hydrogen-bond donors (Lipinski definition) is 1. The van der Waals surface area contributed by atoms with Gasteiger partial charge in [0, 0.05) is 17.3 Å². The summed E-state index contributed by atoms with van der Waals surface area (Å²) in [6, 6.07) is 15.8. The van der Waals surface area contributed by atoms with Crippen molar-refractivity contribution in [3.05, 3.63) is 66.4 Å². The zero-order valence-corrected chi connectivity index (χ0v) is 14.4. The molecule has 1 atom stereocenters. The number of fused-ring (bicyclic) bond motifs is 1. The van der Waals surface area contributed by atoms with Gasteiger partial charge in [-0.05, 0) is 43.3 Å². The number of methoxy groups -OCH3 is 1. The van der Waals surface area contributed by atoms with Crippen LogP contribution in [-0.4, -0.2) is 30.1 Å². The molecule has 2 aromatic carbocycles. The Hall–Kier alpha value is -3.41. The largest absolute Gasteiger partial charge is 0.497 e. The average Bonchev–Trinajstić information content (AvgIpc) is 2.68. The van der Waals surface area contributed by atoms with Crippen LogP contribution in [0.1, 0.15) is 17.3 Å². The zero-order chi connectivity index (χ0) is 18.5. The van der Waals surface area contributed by atoms with E-state index < -0.39 is 18.0 Å². The van der Waals surface area contributed by atoms with Crippen LogP contribution >= 0.6 is 0 Å². The summed E-state index contributed by atoms with van der Waals surface area (Å²) < 4.78 is 10.4. The molecule has 0 spiro atoms. The van der Waals surface area contributed by atoms with Crippen molar-refractivity contribution in [1.82, 2.24) is 4.98 Å². The SMILES string of the molecule is COc1ccc(NC(=O)[C@H](C)OC(=O)c2cccc3cccnc23)cc1. The summed E-state index contributed by atoms with van der Waals surface area (Å²) in [5, 5.41) is 3.53. The molecule has 0 saturated carbocycles. The fourth-order valence-corrected chi connectivity index (χ4v) is 2.46. The second-order valence-corrected chi connectivity index (χ2v) is 5.65. The van der Waals surface area contributed by atoms with Gasteiger partial charge in [0.05, 0.1) is 18.2 Å².